The van der Waals surface area contributed by atoms with Gasteiger partial charge in [-0.05, 0) is 29.8 Å². The highest BCUT2D eigenvalue weighted by Gasteiger charge is 2.21. The van der Waals surface area contributed by atoms with Crippen LogP contribution in [0.4, 0.5) is 8.78 Å². The van der Waals surface area contributed by atoms with Gasteiger partial charge >= 0.3 is 0 Å². The Morgan fingerprint density at radius 3 is 2.52 bits per heavy atom. The van der Waals surface area contributed by atoms with Crippen LogP contribution in [0.15, 0.2) is 42.5 Å². The van der Waals surface area contributed by atoms with Crippen molar-refractivity contribution < 1.29 is 18.4 Å². The lowest BCUT2D eigenvalue weighted by molar-refractivity contribution is -0.119. The lowest BCUT2D eigenvalue weighted by atomic mass is 10.0. The lowest BCUT2D eigenvalue weighted by Crippen LogP contribution is -2.46. The first kappa shape index (κ1) is 16.9. The minimum atomic E-state index is -1.05. The van der Waals surface area contributed by atoms with Gasteiger partial charge in [0.1, 0.15) is 17.7 Å². The predicted molar refractivity (Wildman–Crippen MR) is 82.0 cm³/mol. The highest BCUT2D eigenvalue weighted by atomic mass is 35.5. The third-order valence-corrected chi connectivity index (χ3v) is 3.39. The third-order valence-electron chi connectivity index (χ3n) is 3.15. The molecule has 2 aromatic carbocycles. The Kier molecular flexibility index (Phi) is 5.28. The van der Waals surface area contributed by atoms with Crippen LogP contribution in [0.2, 0.25) is 5.02 Å². The molecular weight excluding hydrogens is 326 g/mol. The number of carbonyl (C=O) groups excluding carboxylic acids is 2. The van der Waals surface area contributed by atoms with Crippen LogP contribution in [-0.4, -0.2) is 17.9 Å². The van der Waals surface area contributed by atoms with E-state index in [1.807, 2.05) is 0 Å². The molecule has 120 valence electrons. The maximum atomic E-state index is 13.6. The van der Waals surface area contributed by atoms with E-state index in [2.05, 4.69) is 5.32 Å². The van der Waals surface area contributed by atoms with Crippen LogP contribution in [0.5, 0.6) is 0 Å². The van der Waals surface area contributed by atoms with E-state index in [4.69, 9.17) is 17.3 Å². The number of primary amides is 1. The molecule has 0 fully saturated rings. The van der Waals surface area contributed by atoms with E-state index >= 15 is 0 Å². The van der Waals surface area contributed by atoms with Crippen molar-refractivity contribution >= 4 is 23.4 Å². The van der Waals surface area contributed by atoms with E-state index in [9.17, 15) is 18.4 Å². The van der Waals surface area contributed by atoms with Crippen LogP contribution >= 0.6 is 11.6 Å². The van der Waals surface area contributed by atoms with Crippen molar-refractivity contribution in [3.05, 3.63) is 70.2 Å². The Balaban J connectivity index is 2.16. The van der Waals surface area contributed by atoms with Crippen molar-refractivity contribution in [1.82, 2.24) is 5.32 Å². The average molecular weight is 339 g/mol. The standard InChI is InChI=1S/C16H13ClF2N2O2/c17-10-3-1-2-9(6-10)7-14(15(20)22)21-16(23)12-5-4-11(18)8-13(12)19/h1-6,8,14H,7H2,(H2,20,22)(H,21,23)/t14-/m1/s1. The molecule has 2 aromatic rings. The first-order valence-corrected chi connectivity index (χ1v) is 7.04. The molecule has 0 aliphatic rings. The summed E-state index contributed by atoms with van der Waals surface area (Å²) in [6, 6.07) is 8.18. The number of benzene rings is 2. The summed E-state index contributed by atoms with van der Waals surface area (Å²) in [6.45, 7) is 0. The van der Waals surface area contributed by atoms with Crippen LogP contribution in [0.1, 0.15) is 15.9 Å². The Hall–Kier alpha value is -2.47. The number of halogens is 3. The topological polar surface area (TPSA) is 72.2 Å². The van der Waals surface area contributed by atoms with Gasteiger partial charge < -0.3 is 11.1 Å². The SMILES string of the molecule is NC(=O)[C@@H](Cc1cccc(Cl)c1)NC(=O)c1ccc(F)cc1F. The molecule has 0 saturated heterocycles. The van der Waals surface area contributed by atoms with E-state index in [0.717, 1.165) is 12.1 Å². The zero-order chi connectivity index (χ0) is 17.0. The first-order valence-electron chi connectivity index (χ1n) is 6.66. The summed E-state index contributed by atoms with van der Waals surface area (Å²) < 4.78 is 26.5. The molecule has 0 aliphatic carbocycles. The monoisotopic (exact) mass is 338 g/mol. The van der Waals surface area contributed by atoms with Gasteiger partial charge in [-0.25, -0.2) is 8.78 Å². The summed E-state index contributed by atoms with van der Waals surface area (Å²) in [5.74, 6) is -3.45. The van der Waals surface area contributed by atoms with Crippen LogP contribution in [0.3, 0.4) is 0 Å². The molecule has 7 heteroatoms. The van der Waals surface area contributed by atoms with E-state index in [0.29, 0.717) is 16.7 Å². The van der Waals surface area contributed by atoms with Gasteiger partial charge in [-0.3, -0.25) is 9.59 Å². The second kappa shape index (κ2) is 7.19. The molecule has 0 saturated carbocycles. The van der Waals surface area contributed by atoms with Gasteiger partial charge in [0.2, 0.25) is 5.91 Å². The normalized spacial score (nSPS) is 11.8. The second-order valence-electron chi connectivity index (χ2n) is 4.89. The molecule has 1 atom stereocenters. The van der Waals surface area contributed by atoms with Gasteiger partial charge in [-0.15, -0.1) is 0 Å². The Bertz CT molecular complexity index is 753. The van der Waals surface area contributed by atoms with Gasteiger partial charge in [0.25, 0.3) is 5.91 Å². The molecule has 0 unspecified atom stereocenters. The summed E-state index contributed by atoms with van der Waals surface area (Å²) in [6.07, 6.45) is 0.102. The molecule has 2 rings (SSSR count). The third kappa shape index (κ3) is 4.50. The number of carbonyl (C=O) groups is 2. The van der Waals surface area contributed by atoms with Crippen LogP contribution < -0.4 is 11.1 Å². The Morgan fingerprint density at radius 1 is 1.17 bits per heavy atom. The van der Waals surface area contributed by atoms with Crippen molar-refractivity contribution in [2.24, 2.45) is 5.73 Å². The van der Waals surface area contributed by atoms with E-state index < -0.39 is 29.5 Å². The fourth-order valence-electron chi connectivity index (χ4n) is 2.03. The van der Waals surface area contributed by atoms with Gasteiger partial charge in [0.05, 0.1) is 5.56 Å². The fourth-order valence-corrected chi connectivity index (χ4v) is 2.24. The Labute approximate surface area is 136 Å². The van der Waals surface area contributed by atoms with Gasteiger partial charge in [-0.1, -0.05) is 23.7 Å². The van der Waals surface area contributed by atoms with Crippen molar-refractivity contribution in [3.8, 4) is 0 Å². The van der Waals surface area contributed by atoms with Gasteiger partial charge in [-0.2, -0.15) is 0 Å². The smallest absolute Gasteiger partial charge is 0.254 e. The summed E-state index contributed by atoms with van der Waals surface area (Å²) in [5, 5.41) is 2.82. The molecule has 0 heterocycles. The van der Waals surface area contributed by atoms with Crippen molar-refractivity contribution in [1.29, 1.82) is 0 Å². The van der Waals surface area contributed by atoms with Gasteiger partial charge in [0.15, 0.2) is 0 Å². The molecule has 2 amide bonds. The van der Waals surface area contributed by atoms with Crippen LogP contribution in [0, 0.1) is 11.6 Å². The highest BCUT2D eigenvalue weighted by molar-refractivity contribution is 6.30. The predicted octanol–water partition coefficient (Wildman–Crippen LogP) is 2.44. The number of hydrogen-bond donors (Lipinski definition) is 2. The summed E-state index contributed by atoms with van der Waals surface area (Å²) in [4.78, 5) is 23.6. The second-order valence-corrected chi connectivity index (χ2v) is 5.32. The summed E-state index contributed by atoms with van der Waals surface area (Å²) in [5.41, 5.74) is 5.58. The van der Waals surface area contributed by atoms with Crippen LogP contribution in [0.25, 0.3) is 0 Å². The quantitative estimate of drug-likeness (QED) is 0.879. The summed E-state index contributed by atoms with van der Waals surface area (Å²) >= 11 is 5.86. The maximum absolute atomic E-state index is 13.6. The number of hydrogen-bond acceptors (Lipinski definition) is 2. The minimum Gasteiger partial charge on any atom is -0.368 e. The molecule has 4 nitrogen and oxygen atoms in total. The molecule has 0 aromatic heterocycles. The van der Waals surface area contributed by atoms with E-state index in [1.54, 1.807) is 24.3 Å². The first-order chi connectivity index (χ1) is 10.9. The lowest BCUT2D eigenvalue weighted by Gasteiger charge is -2.16. The highest BCUT2D eigenvalue weighted by Crippen LogP contribution is 2.13. The zero-order valence-electron chi connectivity index (χ0n) is 11.9. The summed E-state index contributed by atoms with van der Waals surface area (Å²) in [7, 11) is 0. The van der Waals surface area contributed by atoms with Crippen molar-refractivity contribution in [3.63, 3.8) is 0 Å². The van der Waals surface area contributed by atoms with Crippen LogP contribution in [-0.2, 0) is 11.2 Å². The number of rotatable bonds is 5. The minimum absolute atomic E-state index is 0.102. The molecule has 23 heavy (non-hydrogen) atoms. The van der Waals surface area contributed by atoms with Crippen molar-refractivity contribution in [2.75, 3.05) is 0 Å². The molecular formula is C16H13ClF2N2O2. The zero-order valence-corrected chi connectivity index (χ0v) is 12.6. The molecule has 0 bridgehead atoms. The molecule has 3 N–H and O–H groups in total. The maximum Gasteiger partial charge on any atom is 0.254 e. The van der Waals surface area contributed by atoms with Gasteiger partial charge in [0, 0.05) is 17.5 Å². The molecule has 0 radical (unpaired) electrons. The average Bonchev–Trinajstić information content (AvgIpc) is 2.46. The van der Waals surface area contributed by atoms with E-state index in [1.165, 1.54) is 0 Å². The molecule has 0 spiro atoms. The van der Waals surface area contributed by atoms with Crippen molar-refractivity contribution in [2.45, 2.75) is 12.5 Å². The largest absolute Gasteiger partial charge is 0.368 e. The number of nitrogens with one attached hydrogen (secondary N) is 1. The number of nitrogens with two attached hydrogens (primary N) is 1. The van der Waals surface area contributed by atoms with E-state index in [-0.39, 0.29) is 12.0 Å². The molecule has 0 aliphatic heterocycles. The Morgan fingerprint density at radius 2 is 1.91 bits per heavy atom. The fraction of sp³-hybridized carbons (Fsp3) is 0.125. The number of amides is 2.